The number of nitrogens with one attached hydrogen (secondary N) is 2. The Hall–Kier alpha value is -2.95. The van der Waals surface area contributed by atoms with E-state index in [4.69, 9.17) is 4.74 Å². The van der Waals surface area contributed by atoms with Gasteiger partial charge in [0.1, 0.15) is 5.69 Å². The Labute approximate surface area is 133 Å². The fourth-order valence-corrected chi connectivity index (χ4v) is 2.49. The highest BCUT2D eigenvalue weighted by Crippen LogP contribution is 2.26. The minimum absolute atomic E-state index is 0.0559. The van der Waals surface area contributed by atoms with Gasteiger partial charge in [-0.1, -0.05) is 18.2 Å². The maximum absolute atomic E-state index is 12.3. The van der Waals surface area contributed by atoms with E-state index >= 15 is 0 Å². The number of H-pyrrole nitrogens is 1. The molecule has 1 heterocycles. The Morgan fingerprint density at radius 1 is 1.22 bits per heavy atom. The minimum atomic E-state index is -0.186. The van der Waals surface area contributed by atoms with Crippen molar-refractivity contribution in [3.63, 3.8) is 0 Å². The second-order valence-corrected chi connectivity index (χ2v) is 5.46. The summed E-state index contributed by atoms with van der Waals surface area (Å²) in [6.45, 7) is 2.33. The number of benzene rings is 2. The number of rotatable bonds is 4. The van der Waals surface area contributed by atoms with E-state index in [-0.39, 0.29) is 11.7 Å². The summed E-state index contributed by atoms with van der Waals surface area (Å²) < 4.78 is 5.00. The van der Waals surface area contributed by atoms with Crippen molar-refractivity contribution in [2.45, 2.75) is 13.5 Å². The van der Waals surface area contributed by atoms with Crippen LogP contribution in [0.25, 0.3) is 10.9 Å². The molecular formula is C18H18N2O3. The second-order valence-electron chi connectivity index (χ2n) is 5.46. The van der Waals surface area contributed by atoms with E-state index in [0.717, 1.165) is 22.0 Å². The molecule has 0 aliphatic carbocycles. The topological polar surface area (TPSA) is 74.3 Å². The van der Waals surface area contributed by atoms with Crippen LogP contribution in [0.3, 0.4) is 0 Å². The molecule has 0 aliphatic heterocycles. The van der Waals surface area contributed by atoms with Gasteiger partial charge >= 0.3 is 0 Å². The molecule has 5 nitrogen and oxygen atoms in total. The van der Waals surface area contributed by atoms with E-state index in [2.05, 4.69) is 10.3 Å². The summed E-state index contributed by atoms with van der Waals surface area (Å²) >= 11 is 0. The first-order valence-electron chi connectivity index (χ1n) is 7.30. The number of hydrogen-bond acceptors (Lipinski definition) is 3. The average molecular weight is 310 g/mol. The number of ether oxygens (including phenoxy) is 1. The molecule has 0 unspecified atom stereocenters. The number of hydrogen-bond donors (Lipinski definition) is 3. The van der Waals surface area contributed by atoms with E-state index in [1.54, 1.807) is 18.2 Å². The van der Waals surface area contributed by atoms with Gasteiger partial charge in [0.15, 0.2) is 11.5 Å². The molecule has 1 amide bonds. The van der Waals surface area contributed by atoms with E-state index in [9.17, 15) is 9.90 Å². The van der Waals surface area contributed by atoms with Crippen molar-refractivity contribution in [3.8, 4) is 11.5 Å². The maximum Gasteiger partial charge on any atom is 0.267 e. The molecule has 3 rings (SSSR count). The molecule has 0 spiro atoms. The van der Waals surface area contributed by atoms with E-state index in [1.807, 2.05) is 31.2 Å². The number of carbonyl (C=O) groups excluding carboxylic acids is 1. The van der Waals surface area contributed by atoms with Crippen molar-refractivity contribution in [3.05, 3.63) is 59.3 Å². The smallest absolute Gasteiger partial charge is 0.267 e. The summed E-state index contributed by atoms with van der Waals surface area (Å²) in [5.74, 6) is 0.278. The van der Waals surface area contributed by atoms with Crippen LogP contribution in [0, 0.1) is 6.92 Å². The van der Waals surface area contributed by atoms with Crippen molar-refractivity contribution in [1.29, 1.82) is 0 Å². The number of aromatic nitrogens is 1. The first-order valence-corrected chi connectivity index (χ1v) is 7.30. The lowest BCUT2D eigenvalue weighted by atomic mass is 10.2. The standard InChI is InChI=1S/C18H18N2O3/c1-11-3-5-13-9-15(20-14(13)7-11)18(22)19-10-12-4-6-17(23-2)16(21)8-12/h3-9,20-21H,10H2,1-2H3,(H,19,22). The summed E-state index contributed by atoms with van der Waals surface area (Å²) in [6, 6.07) is 12.9. The summed E-state index contributed by atoms with van der Waals surface area (Å²) in [6.07, 6.45) is 0. The van der Waals surface area contributed by atoms with Crippen molar-refractivity contribution in [1.82, 2.24) is 10.3 Å². The maximum atomic E-state index is 12.3. The van der Waals surface area contributed by atoms with Gasteiger partial charge in [-0.15, -0.1) is 0 Å². The predicted molar refractivity (Wildman–Crippen MR) is 88.9 cm³/mol. The zero-order valence-electron chi connectivity index (χ0n) is 13.0. The first-order chi connectivity index (χ1) is 11.1. The van der Waals surface area contributed by atoms with Gasteiger partial charge in [-0.2, -0.15) is 0 Å². The molecule has 2 aromatic carbocycles. The van der Waals surface area contributed by atoms with Crippen molar-refractivity contribution < 1.29 is 14.6 Å². The zero-order chi connectivity index (χ0) is 16.4. The molecule has 0 fully saturated rings. The SMILES string of the molecule is COc1ccc(CNC(=O)c2cc3ccc(C)cc3[nH]2)cc1O. The van der Waals surface area contributed by atoms with Crippen LogP contribution in [0.1, 0.15) is 21.6 Å². The largest absolute Gasteiger partial charge is 0.504 e. The monoisotopic (exact) mass is 310 g/mol. The summed E-state index contributed by atoms with van der Waals surface area (Å²) in [5, 5.41) is 13.6. The molecule has 0 atom stereocenters. The van der Waals surface area contributed by atoms with Crippen LogP contribution in [-0.4, -0.2) is 23.1 Å². The lowest BCUT2D eigenvalue weighted by Crippen LogP contribution is -2.23. The molecule has 1 aromatic heterocycles. The number of aryl methyl sites for hydroxylation is 1. The average Bonchev–Trinajstić information content (AvgIpc) is 2.95. The molecule has 5 heteroatoms. The third kappa shape index (κ3) is 3.13. The van der Waals surface area contributed by atoms with Gasteiger partial charge in [0.05, 0.1) is 7.11 Å². The van der Waals surface area contributed by atoms with Crippen molar-refractivity contribution >= 4 is 16.8 Å². The minimum Gasteiger partial charge on any atom is -0.504 e. The number of aromatic amines is 1. The molecule has 3 aromatic rings. The molecule has 0 bridgehead atoms. The van der Waals surface area contributed by atoms with Gasteiger partial charge < -0.3 is 20.1 Å². The summed E-state index contributed by atoms with van der Waals surface area (Å²) in [7, 11) is 1.49. The Bertz CT molecular complexity index is 868. The summed E-state index contributed by atoms with van der Waals surface area (Å²) in [4.78, 5) is 15.4. The Morgan fingerprint density at radius 3 is 2.78 bits per heavy atom. The van der Waals surface area contributed by atoms with Gasteiger partial charge in [0.25, 0.3) is 5.91 Å². The van der Waals surface area contributed by atoms with Crippen LogP contribution >= 0.6 is 0 Å². The molecular weight excluding hydrogens is 292 g/mol. The van der Waals surface area contributed by atoms with E-state index in [1.165, 1.54) is 7.11 Å². The van der Waals surface area contributed by atoms with E-state index in [0.29, 0.717) is 18.0 Å². The molecule has 3 N–H and O–H groups in total. The third-order valence-electron chi connectivity index (χ3n) is 3.72. The molecule has 23 heavy (non-hydrogen) atoms. The van der Waals surface area contributed by atoms with E-state index < -0.39 is 0 Å². The lowest BCUT2D eigenvalue weighted by molar-refractivity contribution is 0.0946. The number of methoxy groups -OCH3 is 1. The van der Waals surface area contributed by atoms with Crippen molar-refractivity contribution in [2.24, 2.45) is 0 Å². The first kappa shape index (κ1) is 15.0. The Balaban J connectivity index is 1.72. The van der Waals surface area contributed by atoms with Gasteiger partial charge in [-0.3, -0.25) is 4.79 Å². The van der Waals surface area contributed by atoms with Crippen LogP contribution in [0.5, 0.6) is 11.5 Å². The Kier molecular flexibility index (Phi) is 3.93. The fourth-order valence-electron chi connectivity index (χ4n) is 2.49. The summed E-state index contributed by atoms with van der Waals surface area (Å²) in [5.41, 5.74) is 3.39. The van der Waals surface area contributed by atoms with Crippen LogP contribution < -0.4 is 10.1 Å². The predicted octanol–water partition coefficient (Wildman–Crippen LogP) is 3.12. The van der Waals surface area contributed by atoms with Gasteiger partial charge in [0, 0.05) is 17.4 Å². The van der Waals surface area contributed by atoms with Crippen molar-refractivity contribution in [2.75, 3.05) is 7.11 Å². The molecule has 0 radical (unpaired) electrons. The van der Waals surface area contributed by atoms with Crippen LogP contribution in [0.2, 0.25) is 0 Å². The molecule has 0 aliphatic rings. The van der Waals surface area contributed by atoms with Gasteiger partial charge in [-0.25, -0.2) is 0 Å². The van der Waals surface area contributed by atoms with Crippen LogP contribution in [0.4, 0.5) is 0 Å². The number of carbonyl (C=O) groups is 1. The zero-order valence-corrected chi connectivity index (χ0v) is 13.0. The second kappa shape index (κ2) is 6.04. The Morgan fingerprint density at radius 2 is 2.04 bits per heavy atom. The molecule has 0 saturated carbocycles. The number of aromatic hydroxyl groups is 1. The number of fused-ring (bicyclic) bond motifs is 1. The number of amides is 1. The number of phenols is 1. The third-order valence-corrected chi connectivity index (χ3v) is 3.72. The lowest BCUT2D eigenvalue weighted by Gasteiger charge is -2.07. The molecule has 118 valence electrons. The van der Waals surface area contributed by atoms with Crippen LogP contribution in [0.15, 0.2) is 42.5 Å². The van der Waals surface area contributed by atoms with Crippen LogP contribution in [-0.2, 0) is 6.54 Å². The highest BCUT2D eigenvalue weighted by molar-refractivity contribution is 5.98. The highest BCUT2D eigenvalue weighted by atomic mass is 16.5. The fraction of sp³-hybridized carbons (Fsp3) is 0.167. The quantitative estimate of drug-likeness (QED) is 0.693. The molecule has 0 saturated heterocycles. The van der Waals surface area contributed by atoms with Gasteiger partial charge in [0.2, 0.25) is 0 Å². The highest BCUT2D eigenvalue weighted by Gasteiger charge is 2.10. The number of phenolic OH excluding ortho intramolecular Hbond substituents is 1. The van der Waals surface area contributed by atoms with Gasteiger partial charge in [-0.05, 0) is 42.3 Å². The normalized spacial score (nSPS) is 10.7.